The largest absolute Gasteiger partial charge is 0.397 e. The fourth-order valence-electron chi connectivity index (χ4n) is 2.23. The van der Waals surface area contributed by atoms with E-state index in [2.05, 4.69) is 17.2 Å². The van der Waals surface area contributed by atoms with Crippen molar-refractivity contribution in [1.82, 2.24) is 10.3 Å². The number of rotatable bonds is 4. The van der Waals surface area contributed by atoms with E-state index in [1.165, 1.54) is 11.3 Å². The van der Waals surface area contributed by atoms with Crippen LogP contribution < -0.4 is 11.1 Å². The molecule has 0 spiro atoms. The van der Waals surface area contributed by atoms with Crippen molar-refractivity contribution in [1.29, 1.82) is 0 Å². The summed E-state index contributed by atoms with van der Waals surface area (Å²) in [6.07, 6.45) is 4.27. The fraction of sp³-hybridized carbons (Fsp3) is 0.200. The molecule has 0 aliphatic carbocycles. The van der Waals surface area contributed by atoms with E-state index in [1.807, 2.05) is 23.6 Å². The third-order valence-electron chi connectivity index (χ3n) is 3.34. The van der Waals surface area contributed by atoms with E-state index < -0.39 is 0 Å². The van der Waals surface area contributed by atoms with Gasteiger partial charge in [0.05, 0.1) is 16.4 Å². The summed E-state index contributed by atoms with van der Waals surface area (Å²) < 4.78 is 0.935. The Morgan fingerprint density at radius 1 is 1.48 bits per heavy atom. The molecule has 0 aliphatic heterocycles. The Morgan fingerprint density at radius 3 is 3.00 bits per heavy atom. The SMILES string of the molecule is CCC(NC(=O)c1sc2cnccc2c1N)c1cccs1. The van der Waals surface area contributed by atoms with Crippen molar-refractivity contribution in [2.75, 3.05) is 5.73 Å². The maximum atomic E-state index is 12.5. The van der Waals surface area contributed by atoms with Crippen molar-refractivity contribution < 1.29 is 4.79 Å². The van der Waals surface area contributed by atoms with Gasteiger partial charge in [-0.3, -0.25) is 9.78 Å². The third-order valence-corrected chi connectivity index (χ3v) is 5.48. The minimum Gasteiger partial charge on any atom is -0.397 e. The second-order valence-electron chi connectivity index (χ2n) is 4.67. The number of nitrogen functional groups attached to an aromatic ring is 1. The first-order valence-corrected chi connectivity index (χ1v) is 8.36. The summed E-state index contributed by atoms with van der Waals surface area (Å²) >= 11 is 3.04. The van der Waals surface area contributed by atoms with Crippen LogP contribution in [0.15, 0.2) is 36.0 Å². The summed E-state index contributed by atoms with van der Waals surface area (Å²) in [6, 6.07) is 5.90. The summed E-state index contributed by atoms with van der Waals surface area (Å²) in [5, 5.41) is 5.98. The van der Waals surface area contributed by atoms with Crippen LogP contribution in [0.3, 0.4) is 0 Å². The highest BCUT2D eigenvalue weighted by atomic mass is 32.1. The number of anilines is 1. The average molecular weight is 317 g/mol. The molecule has 108 valence electrons. The number of hydrogen-bond donors (Lipinski definition) is 2. The summed E-state index contributed by atoms with van der Waals surface area (Å²) in [5.74, 6) is -0.117. The molecule has 0 bridgehead atoms. The maximum absolute atomic E-state index is 12.5. The molecular formula is C15H15N3OS2. The van der Waals surface area contributed by atoms with Crippen molar-refractivity contribution in [2.24, 2.45) is 0 Å². The zero-order valence-electron chi connectivity index (χ0n) is 11.5. The van der Waals surface area contributed by atoms with Gasteiger partial charge >= 0.3 is 0 Å². The van der Waals surface area contributed by atoms with E-state index >= 15 is 0 Å². The van der Waals surface area contributed by atoms with Gasteiger partial charge in [0.2, 0.25) is 0 Å². The molecule has 0 saturated carbocycles. The lowest BCUT2D eigenvalue weighted by Gasteiger charge is -2.15. The molecule has 3 N–H and O–H groups in total. The van der Waals surface area contributed by atoms with E-state index in [9.17, 15) is 4.79 Å². The topological polar surface area (TPSA) is 68.0 Å². The van der Waals surface area contributed by atoms with Crippen molar-refractivity contribution in [3.63, 3.8) is 0 Å². The number of nitrogens with zero attached hydrogens (tertiary/aromatic N) is 1. The van der Waals surface area contributed by atoms with Crippen LogP contribution in [0.25, 0.3) is 10.1 Å². The van der Waals surface area contributed by atoms with E-state index in [0.29, 0.717) is 10.6 Å². The highest BCUT2D eigenvalue weighted by molar-refractivity contribution is 7.21. The first-order chi connectivity index (χ1) is 10.2. The number of carbonyl (C=O) groups excluding carboxylic acids is 1. The van der Waals surface area contributed by atoms with Crippen LogP contribution in [0, 0.1) is 0 Å². The molecular weight excluding hydrogens is 302 g/mol. The molecule has 3 aromatic rings. The number of hydrogen-bond acceptors (Lipinski definition) is 5. The number of amides is 1. The molecule has 21 heavy (non-hydrogen) atoms. The fourth-order valence-corrected chi connectivity index (χ4v) is 4.08. The second-order valence-corrected chi connectivity index (χ2v) is 6.70. The van der Waals surface area contributed by atoms with Crippen LogP contribution in [-0.2, 0) is 0 Å². The number of aromatic nitrogens is 1. The molecule has 1 unspecified atom stereocenters. The molecule has 4 nitrogen and oxygen atoms in total. The number of fused-ring (bicyclic) bond motifs is 1. The van der Waals surface area contributed by atoms with Gasteiger partial charge in [0.15, 0.2) is 0 Å². The van der Waals surface area contributed by atoms with Gasteiger partial charge in [-0.2, -0.15) is 0 Å². The molecule has 3 heterocycles. The Labute approximate surface area is 130 Å². The van der Waals surface area contributed by atoms with E-state index in [-0.39, 0.29) is 11.9 Å². The summed E-state index contributed by atoms with van der Waals surface area (Å²) in [6.45, 7) is 2.06. The van der Waals surface area contributed by atoms with Crippen LogP contribution in [0.1, 0.15) is 33.9 Å². The lowest BCUT2D eigenvalue weighted by Crippen LogP contribution is -2.27. The first-order valence-electron chi connectivity index (χ1n) is 6.67. The van der Waals surface area contributed by atoms with Crippen molar-refractivity contribution in [3.8, 4) is 0 Å². The zero-order chi connectivity index (χ0) is 14.8. The molecule has 1 amide bonds. The molecule has 1 atom stereocenters. The van der Waals surface area contributed by atoms with Crippen LogP contribution in [0.5, 0.6) is 0 Å². The smallest absolute Gasteiger partial charge is 0.264 e. The van der Waals surface area contributed by atoms with Gasteiger partial charge in [0, 0.05) is 22.7 Å². The lowest BCUT2D eigenvalue weighted by molar-refractivity contribution is 0.0941. The molecule has 0 saturated heterocycles. The molecule has 0 aliphatic rings. The Morgan fingerprint density at radius 2 is 2.33 bits per heavy atom. The Balaban J connectivity index is 1.88. The Hall–Kier alpha value is -1.92. The van der Waals surface area contributed by atoms with Gasteiger partial charge in [-0.25, -0.2) is 0 Å². The van der Waals surface area contributed by atoms with Crippen LogP contribution in [0.2, 0.25) is 0 Å². The van der Waals surface area contributed by atoms with Crippen LogP contribution in [0.4, 0.5) is 5.69 Å². The summed E-state index contributed by atoms with van der Waals surface area (Å²) in [7, 11) is 0. The minimum atomic E-state index is -0.117. The number of thiophene rings is 2. The highest BCUT2D eigenvalue weighted by Gasteiger charge is 2.20. The predicted octanol–water partition coefficient (Wildman–Crippen LogP) is 3.82. The second kappa shape index (κ2) is 5.83. The summed E-state index contributed by atoms with van der Waals surface area (Å²) in [4.78, 5) is 18.3. The summed E-state index contributed by atoms with van der Waals surface area (Å²) in [5.41, 5.74) is 6.64. The maximum Gasteiger partial charge on any atom is 0.264 e. The predicted molar refractivity (Wildman–Crippen MR) is 88.8 cm³/mol. The molecule has 0 aromatic carbocycles. The van der Waals surface area contributed by atoms with Gasteiger partial charge in [-0.1, -0.05) is 13.0 Å². The zero-order valence-corrected chi connectivity index (χ0v) is 13.1. The lowest BCUT2D eigenvalue weighted by atomic mass is 10.2. The standard InChI is InChI=1S/C15H15N3OS2/c1-2-10(11-4-3-7-20-11)18-15(19)14-13(16)9-5-6-17-8-12(9)21-14/h3-8,10H,2,16H2,1H3,(H,18,19). The van der Waals surface area contributed by atoms with Crippen molar-refractivity contribution in [2.45, 2.75) is 19.4 Å². The number of pyridine rings is 1. The van der Waals surface area contributed by atoms with Gasteiger partial charge in [-0.05, 0) is 23.9 Å². The molecule has 0 radical (unpaired) electrons. The highest BCUT2D eigenvalue weighted by Crippen LogP contribution is 2.33. The first kappa shape index (κ1) is 14.0. The monoisotopic (exact) mass is 317 g/mol. The van der Waals surface area contributed by atoms with Gasteiger partial charge in [-0.15, -0.1) is 22.7 Å². The van der Waals surface area contributed by atoms with E-state index in [4.69, 9.17) is 5.73 Å². The quantitative estimate of drug-likeness (QED) is 0.768. The molecule has 3 aromatic heterocycles. The molecule has 0 fully saturated rings. The molecule has 6 heteroatoms. The Bertz CT molecular complexity index is 764. The van der Waals surface area contributed by atoms with E-state index in [1.54, 1.807) is 23.7 Å². The van der Waals surface area contributed by atoms with Crippen molar-refractivity contribution >= 4 is 44.4 Å². The number of carbonyl (C=O) groups is 1. The van der Waals surface area contributed by atoms with Gasteiger partial charge < -0.3 is 11.1 Å². The minimum absolute atomic E-state index is 0.0280. The normalized spacial score (nSPS) is 12.4. The number of nitrogens with one attached hydrogen (secondary N) is 1. The number of nitrogens with two attached hydrogens (primary N) is 1. The van der Waals surface area contributed by atoms with E-state index in [0.717, 1.165) is 21.4 Å². The third kappa shape index (κ3) is 2.64. The van der Waals surface area contributed by atoms with Crippen LogP contribution >= 0.6 is 22.7 Å². The van der Waals surface area contributed by atoms with Gasteiger partial charge in [0.25, 0.3) is 5.91 Å². The van der Waals surface area contributed by atoms with Crippen molar-refractivity contribution in [3.05, 3.63) is 45.7 Å². The van der Waals surface area contributed by atoms with Crippen LogP contribution in [-0.4, -0.2) is 10.9 Å². The van der Waals surface area contributed by atoms with Gasteiger partial charge in [0.1, 0.15) is 4.88 Å². The average Bonchev–Trinajstić information content (AvgIpc) is 3.13. The Kier molecular flexibility index (Phi) is 3.90. The molecule has 3 rings (SSSR count).